The predicted octanol–water partition coefficient (Wildman–Crippen LogP) is 10.1. The molecule has 0 saturated heterocycles. The molecule has 2 aliphatic rings. The summed E-state index contributed by atoms with van der Waals surface area (Å²) in [6.07, 6.45) is 1.64. The number of ether oxygens (including phenoxy) is 2. The largest absolute Gasteiger partial charge is 0.497 e. The lowest BCUT2D eigenvalue weighted by atomic mass is 9.84. The van der Waals surface area contributed by atoms with E-state index in [9.17, 15) is 8.42 Å². The third-order valence-corrected chi connectivity index (χ3v) is 12.4. The van der Waals surface area contributed by atoms with E-state index in [4.69, 9.17) is 9.47 Å². The van der Waals surface area contributed by atoms with Crippen LogP contribution in [0.4, 0.5) is 17.1 Å². The van der Waals surface area contributed by atoms with E-state index >= 15 is 0 Å². The van der Waals surface area contributed by atoms with E-state index in [-0.39, 0.29) is 0 Å². The van der Waals surface area contributed by atoms with Crippen molar-refractivity contribution in [3.05, 3.63) is 156 Å². The molecule has 0 unspecified atom stereocenters. The summed E-state index contributed by atoms with van der Waals surface area (Å²) < 4.78 is 40.6. The number of hydrogen-bond acceptors (Lipinski definition) is 5. The monoisotopic (exact) mass is 684 g/mol. The van der Waals surface area contributed by atoms with Crippen molar-refractivity contribution in [2.45, 2.75) is 22.6 Å². The Morgan fingerprint density at radius 3 is 1.69 bits per heavy atom. The maximum absolute atomic E-state index is 13.6. The molecular formula is C44H32N2O4S. The first-order chi connectivity index (χ1) is 24.9. The summed E-state index contributed by atoms with van der Waals surface area (Å²) in [7, 11) is -0.223. The molecule has 0 fully saturated rings. The summed E-state index contributed by atoms with van der Waals surface area (Å²) in [5.74, 6) is 1.64. The Morgan fingerprint density at radius 1 is 0.510 bits per heavy atom. The van der Waals surface area contributed by atoms with Gasteiger partial charge >= 0.3 is 0 Å². The van der Waals surface area contributed by atoms with E-state index < -0.39 is 9.84 Å². The predicted molar refractivity (Wildman–Crippen MR) is 204 cm³/mol. The fourth-order valence-electron chi connectivity index (χ4n) is 8.12. The first-order valence-electron chi connectivity index (χ1n) is 17.0. The average Bonchev–Trinajstić information content (AvgIpc) is 3.49. The van der Waals surface area contributed by atoms with Crippen LogP contribution in [-0.4, -0.2) is 27.2 Å². The smallest absolute Gasteiger partial charge is 0.210 e. The third-order valence-electron chi connectivity index (χ3n) is 10.6. The Morgan fingerprint density at radius 2 is 1.06 bits per heavy atom. The number of para-hydroxylation sites is 2. The quantitative estimate of drug-likeness (QED) is 0.185. The fourth-order valence-corrected chi connectivity index (χ4v) is 9.75. The number of fused-ring (bicyclic) bond motifs is 8. The molecule has 1 aliphatic heterocycles. The standard InChI is InChI=1S/C44H32N2O4S/c1-49-35-15-17-39-37(25-35)38-26-36(50-2)16-18-40(38)45(39)33-13-11-27-19-30-22-32-24-34(14-12-28(32)20-29(30)21-31(27)23-33)46-41-7-3-5-9-43(41)51(47,48)44-10-6-4-8-42(44)46/h3-19,21,23-26H,20,22H2,1-2H3. The van der Waals surface area contributed by atoms with Crippen LogP contribution < -0.4 is 14.4 Å². The van der Waals surface area contributed by atoms with Crippen LogP contribution in [0.5, 0.6) is 11.5 Å². The van der Waals surface area contributed by atoms with Crippen LogP contribution in [0.2, 0.25) is 0 Å². The van der Waals surface area contributed by atoms with E-state index in [1.54, 1.807) is 38.5 Å². The summed E-state index contributed by atoms with van der Waals surface area (Å²) in [5, 5.41) is 4.63. The van der Waals surface area contributed by atoms with E-state index in [1.807, 2.05) is 36.4 Å². The van der Waals surface area contributed by atoms with Crippen LogP contribution in [0, 0.1) is 0 Å². The number of methoxy groups -OCH3 is 2. The molecule has 10 rings (SSSR count). The van der Waals surface area contributed by atoms with Gasteiger partial charge in [-0.1, -0.05) is 48.5 Å². The second-order valence-electron chi connectivity index (χ2n) is 13.3. The Balaban J connectivity index is 1.05. The topological polar surface area (TPSA) is 60.8 Å². The summed E-state index contributed by atoms with van der Waals surface area (Å²) in [6.45, 7) is 0. The summed E-state index contributed by atoms with van der Waals surface area (Å²) in [5.41, 5.74) is 10.8. The molecule has 51 heavy (non-hydrogen) atoms. The van der Waals surface area contributed by atoms with Gasteiger partial charge < -0.3 is 18.9 Å². The van der Waals surface area contributed by atoms with Crippen molar-refractivity contribution in [3.8, 4) is 17.2 Å². The average molecular weight is 685 g/mol. The maximum atomic E-state index is 13.6. The summed E-state index contributed by atoms with van der Waals surface area (Å²) >= 11 is 0. The minimum atomic E-state index is -3.62. The van der Waals surface area contributed by atoms with Crippen LogP contribution in [-0.2, 0) is 22.7 Å². The highest BCUT2D eigenvalue weighted by Gasteiger charge is 2.34. The Hall–Kier alpha value is -6.05. The maximum Gasteiger partial charge on any atom is 0.210 e. The van der Waals surface area contributed by atoms with Crippen molar-refractivity contribution in [2.75, 3.05) is 19.1 Å². The van der Waals surface area contributed by atoms with Gasteiger partial charge in [-0.05, 0) is 131 Å². The minimum Gasteiger partial charge on any atom is -0.497 e. The summed E-state index contributed by atoms with van der Waals surface area (Å²) in [4.78, 5) is 2.75. The van der Waals surface area contributed by atoms with Crippen molar-refractivity contribution in [1.29, 1.82) is 0 Å². The second kappa shape index (κ2) is 11.0. The van der Waals surface area contributed by atoms with Crippen molar-refractivity contribution < 1.29 is 17.9 Å². The fraction of sp³-hybridized carbons (Fsp3) is 0.0909. The molecule has 6 nitrogen and oxygen atoms in total. The number of benzene rings is 7. The van der Waals surface area contributed by atoms with Crippen LogP contribution in [0.25, 0.3) is 38.3 Å². The van der Waals surface area contributed by atoms with E-state index in [2.05, 4.69) is 82.3 Å². The Bertz CT molecular complexity index is 2760. The van der Waals surface area contributed by atoms with Gasteiger partial charge in [0.15, 0.2) is 0 Å². The van der Waals surface area contributed by atoms with Crippen LogP contribution in [0.1, 0.15) is 22.3 Å². The van der Waals surface area contributed by atoms with Gasteiger partial charge in [0.2, 0.25) is 9.84 Å². The van der Waals surface area contributed by atoms with Gasteiger partial charge in [0.05, 0.1) is 46.4 Å². The van der Waals surface area contributed by atoms with Gasteiger partial charge in [-0.15, -0.1) is 0 Å². The first kappa shape index (κ1) is 29.8. The SMILES string of the molecule is COc1ccc2c(c1)c1cc(OC)ccc1n2-c1ccc2cc3c(cc2c1)Cc1ccc(N2c4ccccc4S(=O)(=O)c4ccccc42)cc1C3. The lowest BCUT2D eigenvalue weighted by Crippen LogP contribution is -2.22. The van der Waals surface area contributed by atoms with Crippen molar-refractivity contribution in [3.63, 3.8) is 0 Å². The molecule has 0 saturated carbocycles. The van der Waals surface area contributed by atoms with Crippen LogP contribution in [0.15, 0.2) is 143 Å². The lowest BCUT2D eigenvalue weighted by molar-refractivity contribution is 0.415. The number of hydrogen-bond donors (Lipinski definition) is 0. The zero-order chi connectivity index (χ0) is 34.4. The zero-order valence-electron chi connectivity index (χ0n) is 28.1. The molecule has 0 radical (unpaired) electrons. The minimum absolute atomic E-state index is 0.331. The molecule has 0 bridgehead atoms. The third kappa shape index (κ3) is 4.44. The molecule has 0 N–H and O–H groups in total. The molecule has 0 atom stereocenters. The van der Waals surface area contributed by atoms with Gasteiger partial charge in [-0.3, -0.25) is 0 Å². The van der Waals surface area contributed by atoms with Crippen LogP contribution in [0.3, 0.4) is 0 Å². The molecule has 7 heteroatoms. The highest BCUT2D eigenvalue weighted by atomic mass is 32.2. The first-order valence-corrected chi connectivity index (χ1v) is 18.5. The van der Waals surface area contributed by atoms with E-state index in [1.165, 1.54) is 33.0 Å². The molecular weight excluding hydrogens is 653 g/mol. The number of aromatic nitrogens is 1. The molecule has 8 aromatic rings. The zero-order valence-corrected chi connectivity index (χ0v) is 28.9. The number of nitrogens with zero attached hydrogens (tertiary/aromatic N) is 2. The van der Waals surface area contributed by atoms with E-state index in [0.717, 1.165) is 57.5 Å². The summed E-state index contributed by atoms with van der Waals surface area (Å²) in [6, 6.07) is 45.0. The highest BCUT2D eigenvalue weighted by Crippen LogP contribution is 2.48. The molecule has 1 aliphatic carbocycles. The second-order valence-corrected chi connectivity index (χ2v) is 15.2. The van der Waals surface area contributed by atoms with Crippen LogP contribution >= 0.6 is 0 Å². The number of rotatable bonds is 4. The van der Waals surface area contributed by atoms with E-state index in [0.29, 0.717) is 21.2 Å². The van der Waals surface area contributed by atoms with Gasteiger partial charge in [-0.2, -0.15) is 0 Å². The normalized spacial score (nSPS) is 14.2. The molecule has 248 valence electrons. The van der Waals surface area contributed by atoms with Gasteiger partial charge in [-0.25, -0.2) is 8.42 Å². The Labute approximate surface area is 295 Å². The van der Waals surface area contributed by atoms with Crippen molar-refractivity contribution >= 4 is 59.5 Å². The van der Waals surface area contributed by atoms with Gasteiger partial charge in [0, 0.05) is 22.1 Å². The number of sulfone groups is 1. The molecule has 2 heterocycles. The van der Waals surface area contributed by atoms with Gasteiger partial charge in [0.1, 0.15) is 11.5 Å². The molecule has 1 aromatic heterocycles. The molecule has 0 spiro atoms. The van der Waals surface area contributed by atoms with Gasteiger partial charge in [0.25, 0.3) is 0 Å². The number of anilines is 3. The highest BCUT2D eigenvalue weighted by molar-refractivity contribution is 7.92. The van der Waals surface area contributed by atoms with Crippen molar-refractivity contribution in [2.24, 2.45) is 0 Å². The Kier molecular flexibility index (Phi) is 6.42. The lowest BCUT2D eigenvalue weighted by Gasteiger charge is -2.33. The molecule has 0 amide bonds. The van der Waals surface area contributed by atoms with Crippen molar-refractivity contribution in [1.82, 2.24) is 4.57 Å². The molecule has 7 aromatic carbocycles.